The fourth-order valence-electron chi connectivity index (χ4n) is 1.47. The molecule has 86 valence electrons. The number of methoxy groups -OCH3 is 2. The summed E-state index contributed by atoms with van der Waals surface area (Å²) in [6.07, 6.45) is 0. The number of aryl methyl sites for hydroxylation is 1. The first-order valence-corrected chi connectivity index (χ1v) is 5.02. The zero-order valence-electron chi connectivity index (χ0n) is 9.83. The molecule has 0 unspecified atom stereocenters. The van der Waals surface area contributed by atoms with E-state index >= 15 is 0 Å². The van der Waals surface area contributed by atoms with Crippen molar-refractivity contribution in [1.82, 2.24) is 5.32 Å². The van der Waals surface area contributed by atoms with E-state index < -0.39 is 0 Å². The zero-order valence-corrected chi connectivity index (χ0v) is 9.83. The summed E-state index contributed by atoms with van der Waals surface area (Å²) in [5, 5.41) is 11.5. The van der Waals surface area contributed by atoms with Gasteiger partial charge < -0.3 is 14.8 Å². The molecule has 1 N–H and O–H groups in total. The van der Waals surface area contributed by atoms with E-state index in [2.05, 4.69) is 5.32 Å². The lowest BCUT2D eigenvalue weighted by atomic mass is 10.1. The van der Waals surface area contributed by atoms with Crippen molar-refractivity contribution in [3.8, 4) is 17.6 Å². The summed E-state index contributed by atoms with van der Waals surface area (Å²) < 4.78 is 10.4. The molecule has 0 aliphatic carbocycles. The summed E-state index contributed by atoms with van der Waals surface area (Å²) in [7, 11) is 3.23. The van der Waals surface area contributed by atoms with Gasteiger partial charge in [0.2, 0.25) is 0 Å². The molecule has 0 radical (unpaired) electrons. The van der Waals surface area contributed by atoms with Crippen LogP contribution in [0, 0.1) is 18.3 Å². The van der Waals surface area contributed by atoms with Gasteiger partial charge in [-0.15, -0.1) is 0 Å². The van der Waals surface area contributed by atoms with Crippen molar-refractivity contribution in [3.63, 3.8) is 0 Å². The van der Waals surface area contributed by atoms with Gasteiger partial charge in [0.25, 0.3) is 0 Å². The van der Waals surface area contributed by atoms with Gasteiger partial charge in [0, 0.05) is 6.54 Å². The topological polar surface area (TPSA) is 54.3 Å². The highest BCUT2D eigenvalue weighted by Crippen LogP contribution is 2.30. The molecule has 16 heavy (non-hydrogen) atoms. The van der Waals surface area contributed by atoms with E-state index in [0.29, 0.717) is 18.8 Å². The Labute approximate surface area is 95.8 Å². The van der Waals surface area contributed by atoms with Gasteiger partial charge >= 0.3 is 0 Å². The number of ether oxygens (including phenoxy) is 2. The van der Waals surface area contributed by atoms with Crippen molar-refractivity contribution < 1.29 is 9.47 Å². The van der Waals surface area contributed by atoms with Crippen molar-refractivity contribution in [2.75, 3.05) is 20.8 Å². The Kier molecular flexibility index (Phi) is 4.62. The SMILES string of the molecule is COc1cc(C)c(CNCC#N)cc1OC. The summed E-state index contributed by atoms with van der Waals surface area (Å²) in [6.45, 7) is 3.00. The molecule has 0 bridgehead atoms. The third-order valence-electron chi connectivity index (χ3n) is 2.36. The van der Waals surface area contributed by atoms with Gasteiger partial charge in [0.05, 0.1) is 26.8 Å². The summed E-state index contributed by atoms with van der Waals surface area (Å²) >= 11 is 0. The van der Waals surface area contributed by atoms with Crippen molar-refractivity contribution in [1.29, 1.82) is 5.26 Å². The largest absolute Gasteiger partial charge is 0.493 e. The fourth-order valence-corrected chi connectivity index (χ4v) is 1.47. The minimum Gasteiger partial charge on any atom is -0.493 e. The lowest BCUT2D eigenvalue weighted by Crippen LogP contribution is -2.14. The number of hydrogen-bond donors (Lipinski definition) is 1. The predicted molar refractivity (Wildman–Crippen MR) is 61.6 cm³/mol. The molecule has 4 nitrogen and oxygen atoms in total. The first-order chi connectivity index (χ1) is 7.72. The van der Waals surface area contributed by atoms with Crippen LogP contribution in [0.1, 0.15) is 11.1 Å². The molecule has 0 aromatic heterocycles. The van der Waals surface area contributed by atoms with Crippen molar-refractivity contribution in [2.24, 2.45) is 0 Å². The van der Waals surface area contributed by atoms with Gasteiger partial charge in [0.1, 0.15) is 0 Å². The van der Waals surface area contributed by atoms with E-state index in [1.165, 1.54) is 0 Å². The van der Waals surface area contributed by atoms with Crippen LogP contribution in [0.3, 0.4) is 0 Å². The van der Waals surface area contributed by atoms with Gasteiger partial charge in [-0.25, -0.2) is 0 Å². The Balaban J connectivity index is 2.89. The van der Waals surface area contributed by atoms with Gasteiger partial charge in [-0.2, -0.15) is 5.26 Å². The summed E-state index contributed by atoms with van der Waals surface area (Å²) in [6, 6.07) is 5.90. The molecule has 0 aliphatic heterocycles. The normalized spacial score (nSPS) is 9.62. The molecular weight excluding hydrogens is 204 g/mol. The van der Waals surface area contributed by atoms with E-state index in [1.807, 2.05) is 25.1 Å². The molecule has 0 saturated heterocycles. The van der Waals surface area contributed by atoms with Crippen molar-refractivity contribution >= 4 is 0 Å². The van der Waals surface area contributed by atoms with Crippen LogP contribution in [0.25, 0.3) is 0 Å². The average molecular weight is 220 g/mol. The maximum absolute atomic E-state index is 8.44. The molecule has 0 atom stereocenters. The highest BCUT2D eigenvalue weighted by atomic mass is 16.5. The van der Waals surface area contributed by atoms with E-state index in [0.717, 1.165) is 16.9 Å². The second-order valence-electron chi connectivity index (χ2n) is 3.40. The van der Waals surface area contributed by atoms with Crippen molar-refractivity contribution in [3.05, 3.63) is 23.3 Å². The summed E-state index contributed by atoms with van der Waals surface area (Å²) in [5.74, 6) is 1.44. The smallest absolute Gasteiger partial charge is 0.161 e. The minimum atomic E-state index is 0.341. The third-order valence-corrected chi connectivity index (χ3v) is 2.36. The number of nitrogens with zero attached hydrogens (tertiary/aromatic N) is 1. The highest BCUT2D eigenvalue weighted by Gasteiger charge is 2.07. The fraction of sp³-hybridized carbons (Fsp3) is 0.417. The Morgan fingerprint density at radius 1 is 1.25 bits per heavy atom. The maximum Gasteiger partial charge on any atom is 0.161 e. The number of nitrogens with one attached hydrogen (secondary N) is 1. The number of rotatable bonds is 5. The predicted octanol–water partition coefficient (Wildman–Crippen LogP) is 1.63. The number of hydrogen-bond acceptors (Lipinski definition) is 4. The van der Waals surface area contributed by atoms with Crippen LogP contribution in [0.5, 0.6) is 11.5 Å². The van der Waals surface area contributed by atoms with E-state index in [9.17, 15) is 0 Å². The monoisotopic (exact) mass is 220 g/mol. The lowest BCUT2D eigenvalue weighted by Gasteiger charge is -2.12. The Hall–Kier alpha value is -1.73. The first-order valence-electron chi connectivity index (χ1n) is 5.02. The molecule has 0 heterocycles. The minimum absolute atomic E-state index is 0.341. The van der Waals surface area contributed by atoms with Crippen LogP contribution in [-0.2, 0) is 6.54 Å². The van der Waals surface area contributed by atoms with Gasteiger partial charge in [-0.3, -0.25) is 0 Å². The van der Waals surface area contributed by atoms with E-state index in [-0.39, 0.29) is 0 Å². The highest BCUT2D eigenvalue weighted by molar-refractivity contribution is 5.46. The number of nitriles is 1. The van der Waals surface area contributed by atoms with Crippen LogP contribution in [0.15, 0.2) is 12.1 Å². The molecule has 1 aromatic carbocycles. The third kappa shape index (κ3) is 2.88. The molecule has 1 rings (SSSR count). The standard InChI is InChI=1S/C12H16N2O2/c1-9-6-11(15-2)12(16-3)7-10(9)8-14-5-4-13/h6-7,14H,5,8H2,1-3H3. The molecule has 0 spiro atoms. The van der Waals surface area contributed by atoms with Crippen LogP contribution < -0.4 is 14.8 Å². The molecule has 0 fully saturated rings. The maximum atomic E-state index is 8.44. The van der Waals surface area contributed by atoms with E-state index in [1.54, 1.807) is 14.2 Å². The summed E-state index contributed by atoms with van der Waals surface area (Å²) in [5.41, 5.74) is 2.22. The quantitative estimate of drug-likeness (QED) is 0.605. The van der Waals surface area contributed by atoms with Crippen molar-refractivity contribution in [2.45, 2.75) is 13.5 Å². The van der Waals surface area contributed by atoms with Gasteiger partial charge in [-0.05, 0) is 30.2 Å². The molecule has 4 heteroatoms. The molecule has 0 saturated carbocycles. The first kappa shape index (κ1) is 12.3. The Morgan fingerprint density at radius 2 is 1.88 bits per heavy atom. The second-order valence-corrected chi connectivity index (χ2v) is 3.40. The van der Waals surface area contributed by atoms with Gasteiger partial charge in [-0.1, -0.05) is 0 Å². The molecule has 1 aromatic rings. The van der Waals surface area contributed by atoms with E-state index in [4.69, 9.17) is 14.7 Å². The summed E-state index contributed by atoms with van der Waals surface area (Å²) in [4.78, 5) is 0. The van der Waals surface area contributed by atoms with Crippen LogP contribution in [0.2, 0.25) is 0 Å². The van der Waals surface area contributed by atoms with Crippen LogP contribution in [-0.4, -0.2) is 20.8 Å². The number of benzene rings is 1. The van der Waals surface area contributed by atoms with Gasteiger partial charge in [0.15, 0.2) is 11.5 Å². The second kappa shape index (κ2) is 5.99. The Morgan fingerprint density at radius 3 is 2.44 bits per heavy atom. The average Bonchev–Trinajstić information content (AvgIpc) is 2.31. The Bertz CT molecular complexity index is 397. The molecule has 0 aliphatic rings. The molecular formula is C12H16N2O2. The zero-order chi connectivity index (χ0) is 12.0. The molecule has 0 amide bonds. The van der Waals surface area contributed by atoms with Crippen LogP contribution >= 0.6 is 0 Å². The van der Waals surface area contributed by atoms with Crippen LogP contribution in [0.4, 0.5) is 0 Å². The lowest BCUT2D eigenvalue weighted by molar-refractivity contribution is 0.354.